The van der Waals surface area contributed by atoms with Crippen LogP contribution in [-0.2, 0) is 12.5 Å². The zero-order valence-corrected chi connectivity index (χ0v) is 17.1. The summed E-state index contributed by atoms with van der Waals surface area (Å²) in [6, 6.07) is 10.8. The van der Waals surface area contributed by atoms with Gasteiger partial charge in [-0.3, -0.25) is 0 Å². The normalized spacial score (nSPS) is 11.5. The lowest BCUT2D eigenvalue weighted by molar-refractivity contribution is -0.189. The van der Waals surface area contributed by atoms with Crippen LogP contribution in [0.2, 0.25) is 0 Å². The van der Waals surface area contributed by atoms with Gasteiger partial charge in [-0.05, 0) is 53.8 Å². The van der Waals surface area contributed by atoms with Crippen LogP contribution in [0, 0.1) is 17.5 Å². The van der Waals surface area contributed by atoms with E-state index in [1.165, 1.54) is 0 Å². The molecule has 0 N–H and O–H groups in total. The van der Waals surface area contributed by atoms with Crippen molar-refractivity contribution in [1.29, 1.82) is 0 Å². The van der Waals surface area contributed by atoms with Gasteiger partial charge in [-0.2, -0.15) is 8.78 Å². The first kappa shape index (κ1) is 23.5. The number of halogens is 6. The molecule has 0 aromatic heterocycles. The Morgan fingerprint density at radius 2 is 1.47 bits per heavy atom. The Morgan fingerprint density at radius 3 is 2.03 bits per heavy atom. The van der Waals surface area contributed by atoms with Crippen LogP contribution < -0.4 is 9.47 Å². The van der Waals surface area contributed by atoms with E-state index >= 15 is 0 Å². The second-order valence-electron chi connectivity index (χ2n) is 7.08. The molecule has 0 heterocycles. The number of ether oxygens (including phenoxy) is 2. The van der Waals surface area contributed by atoms with Gasteiger partial charge in [0.15, 0.2) is 11.6 Å². The van der Waals surface area contributed by atoms with Crippen molar-refractivity contribution in [2.24, 2.45) is 0 Å². The minimum absolute atomic E-state index is 0.0837. The van der Waals surface area contributed by atoms with Gasteiger partial charge in [0.05, 0.1) is 0 Å². The molecule has 0 spiro atoms. The maximum Gasteiger partial charge on any atom is 0.432 e. The average molecular weight is 454 g/mol. The number of benzene rings is 3. The fourth-order valence-corrected chi connectivity index (χ4v) is 3.18. The Kier molecular flexibility index (Phi) is 7.33. The van der Waals surface area contributed by atoms with Crippen molar-refractivity contribution < 1.29 is 35.8 Å². The summed E-state index contributed by atoms with van der Waals surface area (Å²) in [7, 11) is 0. The highest BCUT2D eigenvalue weighted by Gasteiger charge is 2.41. The summed E-state index contributed by atoms with van der Waals surface area (Å²) in [5.41, 5.74) is -0.00159. The fourth-order valence-electron chi connectivity index (χ4n) is 3.18. The summed E-state index contributed by atoms with van der Waals surface area (Å²) in [5, 5.41) is 0. The third kappa shape index (κ3) is 5.36. The number of alkyl halides is 3. The van der Waals surface area contributed by atoms with Gasteiger partial charge in [0.2, 0.25) is 6.86 Å². The monoisotopic (exact) mass is 454 g/mol. The summed E-state index contributed by atoms with van der Waals surface area (Å²) >= 11 is 0. The second kappa shape index (κ2) is 9.97. The van der Waals surface area contributed by atoms with E-state index in [1.54, 1.807) is 12.1 Å². The Hall–Kier alpha value is -3.16. The summed E-state index contributed by atoms with van der Waals surface area (Å²) < 4.78 is 92.7. The lowest BCUT2D eigenvalue weighted by Crippen LogP contribution is -2.25. The molecule has 0 aliphatic rings. The van der Waals surface area contributed by atoms with E-state index in [1.807, 2.05) is 12.1 Å². The topological polar surface area (TPSA) is 18.5 Å². The zero-order valence-electron chi connectivity index (χ0n) is 17.1. The Morgan fingerprint density at radius 1 is 0.812 bits per heavy atom. The van der Waals surface area contributed by atoms with Gasteiger partial charge >= 0.3 is 6.11 Å². The Bertz CT molecular complexity index is 1040. The van der Waals surface area contributed by atoms with E-state index in [-0.39, 0.29) is 5.56 Å². The smallest absolute Gasteiger partial charge is 0.432 e. The van der Waals surface area contributed by atoms with Crippen molar-refractivity contribution in [2.45, 2.75) is 32.3 Å². The van der Waals surface area contributed by atoms with Crippen LogP contribution in [0.5, 0.6) is 11.5 Å². The molecule has 8 heteroatoms. The van der Waals surface area contributed by atoms with Crippen LogP contribution in [0.1, 0.15) is 30.9 Å². The van der Waals surface area contributed by atoms with E-state index in [0.717, 1.165) is 49.1 Å². The fraction of sp³-hybridized carbons (Fsp3) is 0.250. The first-order valence-electron chi connectivity index (χ1n) is 9.89. The zero-order chi connectivity index (χ0) is 23.3. The number of hydrogen-bond acceptors (Lipinski definition) is 2. The molecule has 0 radical (unpaired) electrons. The van der Waals surface area contributed by atoms with E-state index in [0.29, 0.717) is 11.6 Å². The van der Waals surface area contributed by atoms with Crippen LogP contribution in [-0.4, -0.2) is 6.86 Å². The minimum Gasteiger partial charge on any atom is -0.460 e. The van der Waals surface area contributed by atoms with Crippen molar-refractivity contribution in [3.63, 3.8) is 0 Å². The van der Waals surface area contributed by atoms with Crippen molar-refractivity contribution in [3.8, 4) is 22.6 Å². The van der Waals surface area contributed by atoms with Gasteiger partial charge in [-0.15, -0.1) is 0 Å². The predicted octanol–water partition coefficient (Wildman–Crippen LogP) is 7.55. The molecule has 0 unspecified atom stereocenters. The Labute approximate surface area is 181 Å². The summed E-state index contributed by atoms with van der Waals surface area (Å²) in [6.07, 6.45) is -1.55. The molecular weight excluding hydrogens is 434 g/mol. The van der Waals surface area contributed by atoms with Crippen LogP contribution in [0.3, 0.4) is 0 Å². The molecule has 3 aromatic carbocycles. The molecular formula is C24H20F6O2. The van der Waals surface area contributed by atoms with Gasteiger partial charge in [0.25, 0.3) is 0 Å². The van der Waals surface area contributed by atoms with E-state index in [2.05, 4.69) is 16.4 Å². The number of aryl methyl sites for hydroxylation is 1. The molecule has 0 aliphatic heterocycles. The van der Waals surface area contributed by atoms with Crippen LogP contribution in [0.25, 0.3) is 11.1 Å². The molecule has 3 rings (SSSR count). The molecule has 0 fully saturated rings. The molecule has 0 saturated carbocycles. The molecule has 2 nitrogen and oxygen atoms in total. The van der Waals surface area contributed by atoms with Gasteiger partial charge in [-0.25, -0.2) is 17.6 Å². The third-order valence-electron chi connectivity index (χ3n) is 4.80. The molecule has 0 amide bonds. The molecule has 0 aliphatic carbocycles. The van der Waals surface area contributed by atoms with Crippen molar-refractivity contribution in [1.82, 2.24) is 0 Å². The third-order valence-corrected chi connectivity index (χ3v) is 4.80. The quantitative estimate of drug-likeness (QED) is 0.311. The van der Waals surface area contributed by atoms with Gasteiger partial charge in [-0.1, -0.05) is 37.6 Å². The van der Waals surface area contributed by atoms with E-state index in [4.69, 9.17) is 0 Å². The van der Waals surface area contributed by atoms with Gasteiger partial charge in [0, 0.05) is 6.07 Å². The van der Waals surface area contributed by atoms with E-state index < -0.39 is 47.5 Å². The molecule has 170 valence electrons. The summed E-state index contributed by atoms with van der Waals surface area (Å²) in [6.45, 7) is 0.741. The first-order valence-corrected chi connectivity index (χ1v) is 9.89. The molecule has 0 saturated heterocycles. The molecule has 32 heavy (non-hydrogen) atoms. The molecule has 3 aromatic rings. The van der Waals surface area contributed by atoms with Gasteiger partial charge in [0.1, 0.15) is 22.9 Å². The minimum atomic E-state index is -4.44. The SMILES string of the molecule is CCCCc1ccc(-c2cc(F)c(C(F)(F)Oc3ccc(OCF)c(F)c3)c(F)c2)cc1. The van der Waals surface area contributed by atoms with Gasteiger partial charge < -0.3 is 9.47 Å². The number of hydrogen-bond donors (Lipinski definition) is 0. The molecule has 0 atom stereocenters. The second-order valence-corrected chi connectivity index (χ2v) is 7.08. The van der Waals surface area contributed by atoms with Crippen molar-refractivity contribution in [2.75, 3.05) is 6.86 Å². The highest BCUT2D eigenvalue weighted by molar-refractivity contribution is 5.64. The van der Waals surface area contributed by atoms with Crippen LogP contribution in [0.4, 0.5) is 26.3 Å². The standard InChI is InChI=1S/C24H20F6O2/c1-2-3-4-15-5-7-16(8-6-15)17-11-20(27)23(21(28)12-17)24(29,30)32-18-9-10-22(31-14-25)19(26)13-18/h5-13H,2-4,14H2,1H3. The first-order chi connectivity index (χ1) is 15.2. The highest BCUT2D eigenvalue weighted by Crippen LogP contribution is 2.37. The lowest BCUT2D eigenvalue weighted by atomic mass is 10.00. The Balaban J connectivity index is 1.85. The van der Waals surface area contributed by atoms with E-state index in [9.17, 15) is 26.3 Å². The largest absolute Gasteiger partial charge is 0.460 e. The lowest BCUT2D eigenvalue weighted by Gasteiger charge is -2.20. The highest BCUT2D eigenvalue weighted by atomic mass is 19.3. The van der Waals surface area contributed by atoms with Crippen molar-refractivity contribution >= 4 is 0 Å². The predicted molar refractivity (Wildman–Crippen MR) is 108 cm³/mol. The maximum absolute atomic E-state index is 14.5. The number of unbranched alkanes of at least 4 members (excludes halogenated alkanes) is 1. The summed E-state index contributed by atoms with van der Waals surface area (Å²) in [4.78, 5) is 0. The number of rotatable bonds is 9. The summed E-state index contributed by atoms with van der Waals surface area (Å²) in [5.74, 6) is -5.44. The van der Waals surface area contributed by atoms with Crippen LogP contribution >= 0.6 is 0 Å². The van der Waals surface area contributed by atoms with Crippen LogP contribution in [0.15, 0.2) is 54.6 Å². The maximum atomic E-state index is 14.5. The average Bonchev–Trinajstić information content (AvgIpc) is 2.73. The van der Waals surface area contributed by atoms with Crippen molar-refractivity contribution in [3.05, 3.63) is 83.2 Å². The molecule has 0 bridgehead atoms.